The van der Waals surface area contributed by atoms with Crippen LogP contribution in [0, 0.1) is 13.8 Å². The number of aromatic amines is 1. The van der Waals surface area contributed by atoms with Gasteiger partial charge in [-0.3, -0.25) is 18.3 Å². The second-order valence-electron chi connectivity index (χ2n) is 5.91. The van der Waals surface area contributed by atoms with Gasteiger partial charge in [-0.2, -0.15) is 8.42 Å². The van der Waals surface area contributed by atoms with E-state index in [0.717, 1.165) is 39.4 Å². The van der Waals surface area contributed by atoms with Gasteiger partial charge in [0.15, 0.2) is 5.16 Å². The maximum absolute atomic E-state index is 12.7. The standard InChI is InChI=1S/C17H19N3O3S.H2O4S/c1-10-8-18-15(11(2)16(10)23-4)9-24(21)17-19-13-6-5-12(22-3)7-14(13)20-17;1-5(2,3)4/h5-8H,9H2,1-4H3,(H,19,20);(H2,1,2,3,4)/t24-;/m0./s1. The van der Waals surface area contributed by atoms with Crippen LogP contribution in [0.4, 0.5) is 0 Å². The molecule has 1 atom stereocenters. The number of benzene rings is 1. The zero-order valence-electron chi connectivity index (χ0n) is 16.2. The van der Waals surface area contributed by atoms with Gasteiger partial charge < -0.3 is 14.5 Å². The van der Waals surface area contributed by atoms with Crippen molar-refractivity contribution in [3.8, 4) is 11.5 Å². The minimum atomic E-state index is -4.67. The van der Waals surface area contributed by atoms with Gasteiger partial charge in [0.1, 0.15) is 11.5 Å². The van der Waals surface area contributed by atoms with Crippen LogP contribution in [-0.4, -0.2) is 50.9 Å². The number of nitrogens with one attached hydrogen (secondary N) is 1. The molecule has 0 aliphatic heterocycles. The summed E-state index contributed by atoms with van der Waals surface area (Å²) in [5.74, 6) is 1.79. The Morgan fingerprint density at radius 2 is 1.83 bits per heavy atom. The van der Waals surface area contributed by atoms with Crippen molar-refractivity contribution in [3.63, 3.8) is 0 Å². The number of hydrogen-bond donors (Lipinski definition) is 3. The van der Waals surface area contributed by atoms with Gasteiger partial charge in [-0.25, -0.2) is 4.98 Å². The van der Waals surface area contributed by atoms with Gasteiger partial charge in [0.2, 0.25) is 0 Å². The fraction of sp³-hybridized carbons (Fsp3) is 0.294. The average Bonchev–Trinajstić information content (AvgIpc) is 3.06. The summed E-state index contributed by atoms with van der Waals surface area (Å²) in [6.45, 7) is 3.86. The number of pyridine rings is 1. The monoisotopic (exact) mass is 443 g/mol. The van der Waals surface area contributed by atoms with Crippen molar-refractivity contribution in [3.05, 3.63) is 41.2 Å². The van der Waals surface area contributed by atoms with Crippen molar-refractivity contribution in [2.24, 2.45) is 0 Å². The van der Waals surface area contributed by atoms with Crippen LogP contribution < -0.4 is 9.47 Å². The number of fused-ring (bicyclic) bond motifs is 1. The molecule has 29 heavy (non-hydrogen) atoms. The maximum Gasteiger partial charge on any atom is 0.394 e. The highest BCUT2D eigenvalue weighted by Gasteiger charge is 2.16. The number of ether oxygens (including phenoxy) is 2. The summed E-state index contributed by atoms with van der Waals surface area (Å²) in [6, 6.07) is 5.50. The van der Waals surface area contributed by atoms with Crippen molar-refractivity contribution in [2.45, 2.75) is 24.8 Å². The Morgan fingerprint density at radius 3 is 2.41 bits per heavy atom. The molecule has 0 radical (unpaired) electrons. The molecule has 0 amide bonds. The van der Waals surface area contributed by atoms with Crippen LogP contribution in [-0.2, 0) is 27.0 Å². The molecule has 1 aromatic carbocycles. The SMILES string of the molecule is COc1ccc2nc([S@@](=O)Cc3ncc(C)c(OC)c3C)[nH]c2c1.O=S(=O)(O)O. The minimum absolute atomic E-state index is 0.277. The molecule has 0 saturated carbocycles. The summed E-state index contributed by atoms with van der Waals surface area (Å²) in [4.78, 5) is 11.9. The molecular formula is C17H21N3O7S2. The van der Waals surface area contributed by atoms with E-state index in [1.54, 1.807) is 20.4 Å². The first-order valence-corrected chi connectivity index (χ1v) is 10.9. The van der Waals surface area contributed by atoms with Gasteiger partial charge in [-0.1, -0.05) is 0 Å². The van der Waals surface area contributed by atoms with Crippen LogP contribution in [0.2, 0.25) is 0 Å². The van der Waals surface area contributed by atoms with Gasteiger partial charge in [0.05, 0.1) is 47.5 Å². The molecule has 0 unspecified atom stereocenters. The van der Waals surface area contributed by atoms with Crippen LogP contribution in [0.25, 0.3) is 11.0 Å². The molecule has 10 nitrogen and oxygen atoms in total. The molecular weight excluding hydrogens is 422 g/mol. The first-order valence-electron chi connectivity index (χ1n) is 8.14. The Labute approximate surface area is 170 Å². The Balaban J connectivity index is 0.000000537. The first-order chi connectivity index (χ1) is 13.5. The fourth-order valence-electron chi connectivity index (χ4n) is 2.61. The third kappa shape index (κ3) is 6.22. The topological polar surface area (TPSA) is 152 Å². The first kappa shape index (κ1) is 22.7. The third-order valence-electron chi connectivity index (χ3n) is 3.90. The number of aryl methyl sites for hydroxylation is 1. The Kier molecular flexibility index (Phi) is 7.30. The maximum atomic E-state index is 12.7. The number of aromatic nitrogens is 3. The zero-order chi connectivity index (χ0) is 21.8. The molecule has 0 aliphatic carbocycles. The van der Waals surface area contributed by atoms with Crippen molar-refractivity contribution >= 4 is 32.2 Å². The molecule has 2 aromatic heterocycles. The summed E-state index contributed by atoms with van der Waals surface area (Å²) >= 11 is 0. The number of imidazole rings is 1. The molecule has 3 N–H and O–H groups in total. The molecule has 0 fully saturated rings. The highest BCUT2D eigenvalue weighted by molar-refractivity contribution is 7.84. The molecule has 0 bridgehead atoms. The van der Waals surface area contributed by atoms with Crippen molar-refractivity contribution in [2.75, 3.05) is 14.2 Å². The van der Waals surface area contributed by atoms with Gasteiger partial charge in [-0.05, 0) is 26.0 Å². The lowest BCUT2D eigenvalue weighted by Gasteiger charge is -2.11. The number of nitrogens with zero attached hydrogens (tertiary/aromatic N) is 2. The van der Waals surface area contributed by atoms with Gasteiger partial charge >= 0.3 is 10.4 Å². The highest BCUT2D eigenvalue weighted by Crippen LogP contribution is 2.26. The smallest absolute Gasteiger partial charge is 0.394 e. The van der Waals surface area contributed by atoms with E-state index in [0.29, 0.717) is 5.16 Å². The number of rotatable bonds is 5. The normalized spacial score (nSPS) is 12.2. The van der Waals surface area contributed by atoms with E-state index in [4.69, 9.17) is 27.0 Å². The van der Waals surface area contributed by atoms with E-state index in [1.807, 2.05) is 32.0 Å². The van der Waals surface area contributed by atoms with Crippen molar-refractivity contribution in [1.29, 1.82) is 0 Å². The summed E-state index contributed by atoms with van der Waals surface area (Å²) in [5, 5.41) is 0.430. The summed E-state index contributed by atoms with van der Waals surface area (Å²) in [5.41, 5.74) is 4.16. The Morgan fingerprint density at radius 1 is 1.17 bits per heavy atom. The molecule has 0 saturated heterocycles. The molecule has 0 spiro atoms. The number of methoxy groups -OCH3 is 2. The van der Waals surface area contributed by atoms with Crippen molar-refractivity contribution < 1.29 is 31.2 Å². The fourth-order valence-corrected chi connectivity index (χ4v) is 3.71. The average molecular weight is 444 g/mol. The van der Waals surface area contributed by atoms with E-state index in [9.17, 15) is 4.21 Å². The number of hydrogen-bond acceptors (Lipinski definition) is 7. The van der Waals surface area contributed by atoms with Crippen LogP contribution in [0.1, 0.15) is 16.8 Å². The lowest BCUT2D eigenvalue weighted by atomic mass is 10.1. The zero-order valence-corrected chi connectivity index (χ0v) is 17.8. The van der Waals surface area contributed by atoms with E-state index < -0.39 is 21.2 Å². The molecule has 12 heteroatoms. The van der Waals surface area contributed by atoms with E-state index in [-0.39, 0.29) is 5.75 Å². The van der Waals surface area contributed by atoms with Gasteiger partial charge in [0.25, 0.3) is 0 Å². The predicted octanol–water partition coefficient (Wildman–Crippen LogP) is 2.25. The summed E-state index contributed by atoms with van der Waals surface area (Å²) in [7, 11) is -2.76. The van der Waals surface area contributed by atoms with Crippen LogP contribution in [0.15, 0.2) is 29.6 Å². The second kappa shape index (κ2) is 9.31. The molecule has 3 rings (SSSR count). The predicted molar refractivity (Wildman–Crippen MR) is 107 cm³/mol. The Bertz CT molecular complexity index is 1140. The van der Waals surface area contributed by atoms with Gasteiger partial charge in [0, 0.05) is 23.4 Å². The van der Waals surface area contributed by atoms with Crippen molar-refractivity contribution in [1.82, 2.24) is 15.0 Å². The molecule has 2 heterocycles. The minimum Gasteiger partial charge on any atom is -0.497 e. The second-order valence-corrected chi connectivity index (χ2v) is 8.17. The quantitative estimate of drug-likeness (QED) is 0.504. The molecule has 158 valence electrons. The third-order valence-corrected chi connectivity index (χ3v) is 5.06. The van der Waals surface area contributed by atoms with E-state index in [1.165, 1.54) is 0 Å². The summed E-state index contributed by atoms with van der Waals surface area (Å²) < 4.78 is 54.9. The van der Waals surface area contributed by atoms with E-state index >= 15 is 0 Å². The lowest BCUT2D eigenvalue weighted by Crippen LogP contribution is -2.05. The molecule has 3 aromatic rings. The van der Waals surface area contributed by atoms with Crippen LogP contribution >= 0.6 is 0 Å². The highest BCUT2D eigenvalue weighted by atomic mass is 32.3. The Hall–Kier alpha value is -2.54. The summed E-state index contributed by atoms with van der Waals surface area (Å²) in [6.07, 6.45) is 1.74. The number of H-pyrrole nitrogens is 1. The lowest BCUT2D eigenvalue weighted by molar-refractivity contribution is 0.381. The van der Waals surface area contributed by atoms with Crippen LogP contribution in [0.5, 0.6) is 11.5 Å². The largest absolute Gasteiger partial charge is 0.497 e. The van der Waals surface area contributed by atoms with Crippen LogP contribution in [0.3, 0.4) is 0 Å². The molecule has 0 aliphatic rings. The van der Waals surface area contributed by atoms with Gasteiger partial charge in [-0.15, -0.1) is 0 Å². The van der Waals surface area contributed by atoms with E-state index in [2.05, 4.69) is 15.0 Å².